The summed E-state index contributed by atoms with van der Waals surface area (Å²) in [4.78, 5) is 12.2. The van der Waals surface area contributed by atoms with Gasteiger partial charge in [0, 0.05) is 25.1 Å². The van der Waals surface area contributed by atoms with Crippen LogP contribution >= 0.6 is 0 Å². The van der Waals surface area contributed by atoms with E-state index in [2.05, 4.69) is 15.4 Å². The smallest absolute Gasteiger partial charge is 0.465 e. The Kier molecular flexibility index (Phi) is 4.29. The van der Waals surface area contributed by atoms with Crippen molar-refractivity contribution in [2.75, 3.05) is 7.11 Å². The van der Waals surface area contributed by atoms with E-state index in [0.29, 0.717) is 16.7 Å². The number of rotatable bonds is 5. The van der Waals surface area contributed by atoms with Crippen LogP contribution in [-0.2, 0) is 11.8 Å². The number of ether oxygens (including phenoxy) is 1. The molecule has 3 aromatic rings. The Morgan fingerprint density at radius 1 is 1.33 bits per heavy atom. The van der Waals surface area contributed by atoms with Crippen LogP contribution in [0.5, 0.6) is 0 Å². The SMILES string of the molecule is COC(=O)c1cnn(-c2cccc(B(O)O)c2)c1C1C[C@H]1c1cn(C)nn1. The molecule has 0 aliphatic heterocycles. The maximum atomic E-state index is 12.2. The molecule has 2 heterocycles. The van der Waals surface area contributed by atoms with Crippen molar-refractivity contribution in [3.63, 3.8) is 0 Å². The molecule has 1 saturated carbocycles. The standard InChI is InChI=1S/C17H18BN5O4/c1-22-9-15(20-21-22)12-7-13(12)16-14(17(24)27-2)8-19-23(16)11-5-3-4-10(6-11)18(25)26/h3-6,8-9,12-13,25-26H,7H2,1-2H3/t12-,13?/m1/s1. The van der Waals surface area contributed by atoms with Crippen LogP contribution in [0, 0.1) is 0 Å². The zero-order valence-electron chi connectivity index (χ0n) is 14.9. The first-order valence-corrected chi connectivity index (χ1v) is 8.48. The number of hydrogen-bond donors (Lipinski definition) is 2. The van der Waals surface area contributed by atoms with Gasteiger partial charge in [0.15, 0.2) is 0 Å². The number of nitrogens with zero attached hydrogens (tertiary/aromatic N) is 5. The van der Waals surface area contributed by atoms with Gasteiger partial charge in [0.25, 0.3) is 0 Å². The van der Waals surface area contributed by atoms with Gasteiger partial charge in [0.05, 0.1) is 30.4 Å². The summed E-state index contributed by atoms with van der Waals surface area (Å²) < 4.78 is 8.21. The lowest BCUT2D eigenvalue weighted by Gasteiger charge is -2.10. The highest BCUT2D eigenvalue weighted by molar-refractivity contribution is 6.58. The first kappa shape index (κ1) is 17.4. The van der Waals surface area contributed by atoms with Crippen LogP contribution in [0.2, 0.25) is 0 Å². The molecule has 27 heavy (non-hydrogen) atoms. The molecule has 2 atom stereocenters. The Morgan fingerprint density at radius 2 is 2.15 bits per heavy atom. The van der Waals surface area contributed by atoms with Gasteiger partial charge in [-0.15, -0.1) is 5.10 Å². The highest BCUT2D eigenvalue weighted by atomic mass is 16.5. The molecular weight excluding hydrogens is 349 g/mol. The summed E-state index contributed by atoms with van der Waals surface area (Å²) in [7, 11) is 1.56. The van der Waals surface area contributed by atoms with E-state index in [1.165, 1.54) is 13.3 Å². The van der Waals surface area contributed by atoms with Crippen molar-refractivity contribution in [3.05, 3.63) is 53.6 Å². The number of aromatic nitrogens is 5. The second kappa shape index (κ2) is 6.64. The van der Waals surface area contributed by atoms with Gasteiger partial charge in [0.2, 0.25) is 0 Å². The number of benzene rings is 1. The molecule has 2 N–H and O–H groups in total. The van der Waals surface area contributed by atoms with Crippen molar-refractivity contribution in [2.45, 2.75) is 18.3 Å². The summed E-state index contributed by atoms with van der Waals surface area (Å²) in [5.41, 5.74) is 2.96. The lowest BCUT2D eigenvalue weighted by atomic mass is 9.80. The van der Waals surface area contributed by atoms with Crippen molar-refractivity contribution in [1.29, 1.82) is 0 Å². The Hall–Kier alpha value is -2.98. The third-order valence-corrected chi connectivity index (χ3v) is 4.77. The van der Waals surface area contributed by atoms with Gasteiger partial charge in [0.1, 0.15) is 5.56 Å². The molecule has 0 radical (unpaired) electrons. The van der Waals surface area contributed by atoms with Crippen molar-refractivity contribution in [2.24, 2.45) is 7.05 Å². The zero-order chi connectivity index (χ0) is 19.1. The third kappa shape index (κ3) is 3.13. The van der Waals surface area contributed by atoms with E-state index in [4.69, 9.17) is 4.74 Å². The summed E-state index contributed by atoms with van der Waals surface area (Å²) in [6.07, 6.45) is 4.16. The molecule has 1 fully saturated rings. The molecule has 0 saturated heterocycles. The Morgan fingerprint density at radius 3 is 2.81 bits per heavy atom. The number of aryl methyl sites for hydroxylation is 1. The second-order valence-corrected chi connectivity index (χ2v) is 6.58. The first-order valence-electron chi connectivity index (χ1n) is 8.48. The maximum Gasteiger partial charge on any atom is 0.488 e. The average Bonchev–Trinajstić information content (AvgIpc) is 3.12. The number of carbonyl (C=O) groups excluding carboxylic acids is 1. The van der Waals surface area contributed by atoms with Crippen LogP contribution in [-0.4, -0.2) is 55.0 Å². The fourth-order valence-corrected chi connectivity index (χ4v) is 3.36. The monoisotopic (exact) mass is 367 g/mol. The Labute approximate surface area is 155 Å². The van der Waals surface area contributed by atoms with E-state index in [1.807, 2.05) is 13.2 Å². The summed E-state index contributed by atoms with van der Waals surface area (Å²) >= 11 is 0. The van der Waals surface area contributed by atoms with E-state index in [9.17, 15) is 14.8 Å². The van der Waals surface area contributed by atoms with Crippen molar-refractivity contribution < 1.29 is 19.6 Å². The van der Waals surface area contributed by atoms with Gasteiger partial charge in [-0.05, 0) is 24.0 Å². The van der Waals surface area contributed by atoms with Gasteiger partial charge < -0.3 is 14.8 Å². The molecule has 0 bridgehead atoms. The van der Waals surface area contributed by atoms with Gasteiger partial charge in [-0.2, -0.15) is 5.10 Å². The van der Waals surface area contributed by atoms with Crippen LogP contribution in [0.25, 0.3) is 5.69 Å². The number of esters is 1. The molecule has 0 spiro atoms. The largest absolute Gasteiger partial charge is 0.488 e. The summed E-state index contributed by atoms with van der Waals surface area (Å²) in [5.74, 6) is -0.274. The number of methoxy groups -OCH3 is 1. The third-order valence-electron chi connectivity index (χ3n) is 4.77. The molecule has 0 amide bonds. The lowest BCUT2D eigenvalue weighted by molar-refractivity contribution is 0.0599. The predicted octanol–water partition coefficient (Wildman–Crippen LogP) is -0.262. The van der Waals surface area contributed by atoms with Crippen LogP contribution in [0.4, 0.5) is 0 Å². The zero-order valence-corrected chi connectivity index (χ0v) is 14.9. The molecule has 4 rings (SSSR count). The first-order chi connectivity index (χ1) is 13.0. The average molecular weight is 367 g/mol. The summed E-state index contributed by atoms with van der Waals surface area (Å²) in [6.45, 7) is 0. The molecule has 1 aliphatic rings. The minimum Gasteiger partial charge on any atom is -0.465 e. The maximum absolute atomic E-state index is 12.2. The van der Waals surface area contributed by atoms with Crippen molar-refractivity contribution >= 4 is 18.6 Å². The summed E-state index contributed by atoms with van der Waals surface area (Å²) in [5, 5.41) is 31.4. The molecule has 10 heteroatoms. The molecular formula is C17H18BN5O4. The van der Waals surface area contributed by atoms with Crippen LogP contribution < -0.4 is 5.46 Å². The van der Waals surface area contributed by atoms with E-state index in [-0.39, 0.29) is 11.8 Å². The van der Waals surface area contributed by atoms with Crippen LogP contribution in [0.3, 0.4) is 0 Å². The lowest BCUT2D eigenvalue weighted by Crippen LogP contribution is -2.30. The van der Waals surface area contributed by atoms with E-state index in [0.717, 1.165) is 17.8 Å². The molecule has 1 aliphatic carbocycles. The number of hydrogen-bond acceptors (Lipinski definition) is 7. The van der Waals surface area contributed by atoms with E-state index < -0.39 is 13.1 Å². The van der Waals surface area contributed by atoms with E-state index in [1.54, 1.807) is 33.6 Å². The second-order valence-electron chi connectivity index (χ2n) is 6.58. The fourth-order valence-electron chi connectivity index (χ4n) is 3.36. The molecule has 9 nitrogen and oxygen atoms in total. The van der Waals surface area contributed by atoms with E-state index >= 15 is 0 Å². The molecule has 2 aromatic heterocycles. The van der Waals surface area contributed by atoms with Crippen LogP contribution in [0.1, 0.15) is 40.0 Å². The van der Waals surface area contributed by atoms with Gasteiger partial charge >= 0.3 is 13.1 Å². The highest BCUT2D eigenvalue weighted by Crippen LogP contribution is 2.55. The minimum absolute atomic E-state index is 0.0426. The van der Waals surface area contributed by atoms with Gasteiger partial charge in [-0.25, -0.2) is 9.48 Å². The molecule has 138 valence electrons. The fraction of sp³-hybridized carbons (Fsp3) is 0.294. The Bertz CT molecular complexity index is 999. The van der Waals surface area contributed by atoms with Gasteiger partial charge in [-0.1, -0.05) is 17.3 Å². The van der Waals surface area contributed by atoms with Gasteiger partial charge in [-0.3, -0.25) is 4.68 Å². The van der Waals surface area contributed by atoms with Crippen molar-refractivity contribution in [3.8, 4) is 5.69 Å². The predicted molar refractivity (Wildman–Crippen MR) is 95.8 cm³/mol. The summed E-state index contributed by atoms with van der Waals surface area (Å²) in [6, 6.07) is 6.74. The Balaban J connectivity index is 1.77. The van der Waals surface area contributed by atoms with Crippen molar-refractivity contribution in [1.82, 2.24) is 24.8 Å². The topological polar surface area (TPSA) is 115 Å². The normalized spacial score (nSPS) is 18.4. The number of carbonyl (C=O) groups is 1. The molecule has 1 aromatic carbocycles. The molecule has 1 unspecified atom stereocenters. The quantitative estimate of drug-likeness (QED) is 0.472. The van der Waals surface area contributed by atoms with Crippen LogP contribution in [0.15, 0.2) is 36.7 Å². The minimum atomic E-state index is -1.59. The highest BCUT2D eigenvalue weighted by Gasteiger charge is 2.46.